The van der Waals surface area contributed by atoms with Crippen LogP contribution >= 0.6 is 0 Å². The van der Waals surface area contributed by atoms with Crippen LogP contribution < -0.4 is 0 Å². The van der Waals surface area contributed by atoms with Gasteiger partial charge in [-0.15, -0.1) is 0 Å². The first-order valence-electron chi connectivity index (χ1n) is 5.48. The second-order valence-corrected chi connectivity index (χ2v) is 21.4. The Bertz CT molecular complexity index is 102. The third kappa shape index (κ3) is 6.33. The molecule has 0 fully saturated rings. The molecule has 0 radical (unpaired) electrons. The second kappa shape index (κ2) is 6.28. The van der Waals surface area contributed by atoms with E-state index in [-0.39, 0.29) is 0 Å². The third-order valence-electron chi connectivity index (χ3n) is 2.97. The van der Waals surface area contributed by atoms with E-state index in [4.69, 9.17) is 0 Å². The predicted octanol–water partition coefficient (Wildman–Crippen LogP) is 4.69. The zero-order valence-corrected chi connectivity index (χ0v) is 12.5. The minimum atomic E-state index is -1.50. The molecule has 0 N–H and O–H groups in total. The maximum absolute atomic E-state index is 2.55. The molecule has 1 heteroatoms. The van der Waals surface area contributed by atoms with Crippen LogP contribution in [0.15, 0.2) is 0 Å². The van der Waals surface area contributed by atoms with Crippen molar-refractivity contribution in [1.29, 1.82) is 0 Å². The molecule has 0 aliphatic carbocycles. The molecular formula is C11H26Sn. The van der Waals surface area contributed by atoms with Crippen molar-refractivity contribution in [3.05, 3.63) is 0 Å². The van der Waals surface area contributed by atoms with Gasteiger partial charge in [-0.1, -0.05) is 0 Å². The third-order valence-corrected chi connectivity index (χ3v) is 12.2. The van der Waals surface area contributed by atoms with E-state index >= 15 is 0 Å². The van der Waals surface area contributed by atoms with E-state index < -0.39 is 18.4 Å². The molecule has 0 bridgehead atoms. The first-order valence-corrected chi connectivity index (χ1v) is 15.7. The van der Waals surface area contributed by atoms with Crippen molar-refractivity contribution >= 4 is 18.4 Å². The Kier molecular flexibility index (Phi) is 6.70. The predicted molar refractivity (Wildman–Crippen MR) is 61.5 cm³/mol. The summed E-state index contributed by atoms with van der Waals surface area (Å²) in [6.07, 6.45) is 7.24. The van der Waals surface area contributed by atoms with Crippen LogP contribution in [0.25, 0.3) is 0 Å². The van der Waals surface area contributed by atoms with Crippen molar-refractivity contribution in [3.63, 3.8) is 0 Å². The summed E-state index contributed by atoms with van der Waals surface area (Å²) in [5.74, 6) is 0. The summed E-state index contributed by atoms with van der Waals surface area (Å²) in [6.45, 7) is 4.76. The first-order chi connectivity index (χ1) is 5.48. The Morgan fingerprint density at radius 2 is 1.58 bits per heavy atom. The van der Waals surface area contributed by atoms with Crippen LogP contribution in [0, 0.1) is 0 Å². The van der Waals surface area contributed by atoms with Crippen molar-refractivity contribution in [2.24, 2.45) is 0 Å². The number of hydrogen-bond donors (Lipinski definition) is 0. The zero-order valence-electron chi connectivity index (χ0n) is 9.61. The van der Waals surface area contributed by atoms with Crippen LogP contribution in [0.1, 0.15) is 46.0 Å². The molecule has 0 amide bonds. The molecule has 0 heterocycles. The van der Waals surface area contributed by atoms with E-state index in [1.807, 2.05) is 0 Å². The SMILES string of the molecule is CCCCCC[CH](C)[Sn]([CH3])([CH3])[CH3]. The summed E-state index contributed by atoms with van der Waals surface area (Å²) in [7, 11) is 0. The van der Waals surface area contributed by atoms with Crippen LogP contribution in [0.5, 0.6) is 0 Å². The molecule has 0 nitrogen and oxygen atoms in total. The molecule has 0 rings (SSSR count). The molecule has 0 aliphatic heterocycles. The summed E-state index contributed by atoms with van der Waals surface area (Å²) in [5.41, 5.74) is 0. The second-order valence-electron chi connectivity index (χ2n) is 5.12. The van der Waals surface area contributed by atoms with Crippen LogP contribution in [0.2, 0.25) is 18.8 Å². The molecule has 0 aromatic carbocycles. The van der Waals surface area contributed by atoms with Gasteiger partial charge in [0.05, 0.1) is 0 Å². The van der Waals surface area contributed by atoms with E-state index in [1.54, 1.807) is 0 Å². The van der Waals surface area contributed by atoms with Gasteiger partial charge in [0.25, 0.3) is 0 Å². The molecule has 1 atom stereocenters. The van der Waals surface area contributed by atoms with Gasteiger partial charge >= 0.3 is 83.1 Å². The topological polar surface area (TPSA) is 0 Å². The van der Waals surface area contributed by atoms with Gasteiger partial charge in [-0.3, -0.25) is 0 Å². The summed E-state index contributed by atoms with van der Waals surface area (Å²) in [6, 6.07) is 0. The average molecular weight is 277 g/mol. The van der Waals surface area contributed by atoms with Crippen molar-refractivity contribution in [1.82, 2.24) is 0 Å². The number of rotatable bonds is 6. The van der Waals surface area contributed by atoms with E-state index in [1.165, 1.54) is 32.1 Å². The van der Waals surface area contributed by atoms with Gasteiger partial charge in [0, 0.05) is 0 Å². The van der Waals surface area contributed by atoms with Crippen LogP contribution in [0.3, 0.4) is 0 Å². The molecule has 0 saturated heterocycles. The summed E-state index contributed by atoms with van der Waals surface area (Å²) in [5, 5.41) is 0. The molecular weight excluding hydrogens is 251 g/mol. The summed E-state index contributed by atoms with van der Waals surface area (Å²) in [4.78, 5) is 7.66. The molecule has 0 aromatic heterocycles. The Balaban J connectivity index is 3.38. The Hall–Kier alpha value is 0.799. The van der Waals surface area contributed by atoms with Crippen LogP contribution in [-0.4, -0.2) is 18.4 Å². The molecule has 0 aromatic rings. The fraction of sp³-hybridized carbons (Fsp3) is 1.00. The zero-order chi connectivity index (χ0) is 9.61. The minimum absolute atomic E-state index is 1.08. The molecule has 0 saturated carbocycles. The van der Waals surface area contributed by atoms with Gasteiger partial charge in [-0.05, 0) is 0 Å². The van der Waals surface area contributed by atoms with Crippen molar-refractivity contribution in [2.75, 3.05) is 0 Å². The van der Waals surface area contributed by atoms with Gasteiger partial charge < -0.3 is 0 Å². The van der Waals surface area contributed by atoms with Crippen LogP contribution in [0.4, 0.5) is 0 Å². The molecule has 0 spiro atoms. The normalized spacial score (nSPS) is 14.8. The Labute approximate surface area is 83.0 Å². The van der Waals surface area contributed by atoms with Gasteiger partial charge in [-0.25, -0.2) is 0 Å². The average Bonchev–Trinajstić information content (AvgIpc) is 1.96. The quantitative estimate of drug-likeness (QED) is 0.488. The molecule has 1 unspecified atom stereocenters. The summed E-state index contributed by atoms with van der Waals surface area (Å²) >= 11 is -1.50. The Morgan fingerprint density at radius 1 is 1.00 bits per heavy atom. The molecule has 0 aliphatic rings. The first kappa shape index (κ1) is 12.8. The van der Waals surface area contributed by atoms with E-state index in [9.17, 15) is 0 Å². The van der Waals surface area contributed by atoms with Crippen molar-refractivity contribution < 1.29 is 0 Å². The van der Waals surface area contributed by atoms with Crippen molar-refractivity contribution in [3.8, 4) is 0 Å². The number of unbranched alkanes of at least 4 members (excludes halogenated alkanes) is 3. The monoisotopic (exact) mass is 278 g/mol. The standard InChI is InChI=1S/C8H17.3CH3.Sn/c1-3-5-7-8-6-4-2;;;;/h3H,4-8H2,1-2H3;3*1H3;. The van der Waals surface area contributed by atoms with Gasteiger partial charge in [0.2, 0.25) is 0 Å². The summed E-state index contributed by atoms with van der Waals surface area (Å²) < 4.78 is 1.08. The molecule has 74 valence electrons. The van der Waals surface area contributed by atoms with Gasteiger partial charge in [0.15, 0.2) is 0 Å². The number of hydrogen-bond acceptors (Lipinski definition) is 0. The van der Waals surface area contributed by atoms with E-state index in [2.05, 4.69) is 28.7 Å². The van der Waals surface area contributed by atoms with Gasteiger partial charge in [-0.2, -0.15) is 0 Å². The van der Waals surface area contributed by atoms with Crippen molar-refractivity contribution in [2.45, 2.75) is 64.7 Å². The Morgan fingerprint density at radius 3 is 2.00 bits per heavy atom. The van der Waals surface area contributed by atoms with E-state index in [0.29, 0.717) is 0 Å². The van der Waals surface area contributed by atoms with Gasteiger partial charge in [0.1, 0.15) is 0 Å². The van der Waals surface area contributed by atoms with Crippen LogP contribution in [-0.2, 0) is 0 Å². The molecule has 12 heavy (non-hydrogen) atoms. The fourth-order valence-electron chi connectivity index (χ4n) is 1.31. The van der Waals surface area contributed by atoms with E-state index in [0.717, 1.165) is 3.93 Å². The fourth-order valence-corrected chi connectivity index (χ4v) is 4.36. The maximum atomic E-state index is 2.55.